The molecule has 0 spiro atoms. The molecular formula is C28H22BrN3O2S. The third-order valence-electron chi connectivity index (χ3n) is 5.37. The summed E-state index contributed by atoms with van der Waals surface area (Å²) in [5.74, 6) is -0.197. The number of carbonyl (C=O) groups is 1. The number of carbonyl (C=O) groups excluding carboxylic acids is 1. The van der Waals surface area contributed by atoms with Gasteiger partial charge in [0.05, 0.1) is 10.2 Å². The Kier molecular flexibility index (Phi) is 7.45. The minimum absolute atomic E-state index is 0.127. The molecule has 0 fully saturated rings. The average molecular weight is 544 g/mol. The predicted molar refractivity (Wildman–Crippen MR) is 145 cm³/mol. The fraction of sp³-hybridized carbons (Fsp3) is 0.107. The second kappa shape index (κ2) is 10.7. The highest BCUT2D eigenvalue weighted by Gasteiger charge is 2.17. The number of halogens is 1. The van der Waals surface area contributed by atoms with Crippen LogP contribution in [-0.2, 0) is 4.79 Å². The first-order valence-corrected chi connectivity index (χ1v) is 12.6. The van der Waals surface area contributed by atoms with E-state index in [0.717, 1.165) is 26.9 Å². The number of aromatic nitrogens is 1. The Balaban J connectivity index is 1.88. The Hall–Kier alpha value is -3.73. The van der Waals surface area contributed by atoms with Gasteiger partial charge in [-0.1, -0.05) is 72.2 Å². The summed E-state index contributed by atoms with van der Waals surface area (Å²) in [6.07, 6.45) is 1.76. The van der Waals surface area contributed by atoms with Crippen molar-refractivity contribution < 1.29 is 4.79 Å². The molecule has 0 aliphatic heterocycles. The molecule has 0 aliphatic carbocycles. The molecule has 0 aliphatic rings. The summed E-state index contributed by atoms with van der Waals surface area (Å²) < 4.78 is 3.01. The van der Waals surface area contributed by atoms with Crippen LogP contribution in [0.2, 0.25) is 0 Å². The molecule has 0 atom stereocenters. The molecule has 0 saturated heterocycles. The zero-order valence-electron chi connectivity index (χ0n) is 19.2. The monoisotopic (exact) mass is 543 g/mol. The molecule has 1 N–H and O–H groups in total. The number of anilines is 1. The van der Waals surface area contributed by atoms with E-state index in [0.29, 0.717) is 21.8 Å². The Morgan fingerprint density at radius 3 is 2.40 bits per heavy atom. The van der Waals surface area contributed by atoms with Gasteiger partial charge in [0.15, 0.2) is 5.57 Å². The Labute approximate surface area is 215 Å². The lowest BCUT2D eigenvalue weighted by Crippen LogP contribution is -2.32. The van der Waals surface area contributed by atoms with Crippen LogP contribution in [0.3, 0.4) is 0 Å². The van der Waals surface area contributed by atoms with E-state index in [1.807, 2.05) is 72.8 Å². The van der Waals surface area contributed by atoms with E-state index < -0.39 is 5.91 Å². The number of nitriles is 1. The molecule has 174 valence electrons. The maximum Gasteiger partial charge on any atom is 0.273 e. The van der Waals surface area contributed by atoms with Crippen molar-refractivity contribution in [2.24, 2.45) is 0 Å². The van der Waals surface area contributed by atoms with E-state index in [1.54, 1.807) is 18.2 Å². The second-order valence-corrected chi connectivity index (χ2v) is 10.1. The molecule has 35 heavy (non-hydrogen) atoms. The van der Waals surface area contributed by atoms with Crippen LogP contribution in [-0.4, -0.2) is 10.5 Å². The molecule has 0 unspecified atom stereocenters. The lowest BCUT2D eigenvalue weighted by Gasteiger charge is -2.08. The normalized spacial score (nSPS) is 12.4. The number of hydrogen-bond donors (Lipinski definition) is 1. The molecule has 1 heterocycles. The summed E-state index contributed by atoms with van der Waals surface area (Å²) in [6, 6.07) is 26.1. The first kappa shape index (κ1) is 24.4. The number of nitrogens with zero attached hydrogens (tertiary/aromatic N) is 2. The SMILES string of the molecule is CC(C)c1ccc(NC(=O)/C(C#N)=c2/s/c(=C/c3cccc(Br)c3)c(=O)n2-c2ccccc2)cc1. The van der Waals surface area contributed by atoms with Crippen LogP contribution in [0.1, 0.15) is 30.9 Å². The van der Waals surface area contributed by atoms with Crippen LogP contribution >= 0.6 is 27.3 Å². The fourth-order valence-electron chi connectivity index (χ4n) is 3.55. The van der Waals surface area contributed by atoms with Gasteiger partial charge in [0, 0.05) is 10.2 Å². The molecule has 4 aromatic rings. The minimum Gasteiger partial charge on any atom is -0.321 e. The highest BCUT2D eigenvalue weighted by Crippen LogP contribution is 2.18. The van der Waals surface area contributed by atoms with E-state index in [2.05, 4.69) is 35.1 Å². The summed E-state index contributed by atoms with van der Waals surface area (Å²) in [6.45, 7) is 4.19. The summed E-state index contributed by atoms with van der Waals surface area (Å²) in [4.78, 5) is 26.6. The largest absolute Gasteiger partial charge is 0.321 e. The van der Waals surface area contributed by atoms with Crippen molar-refractivity contribution in [2.75, 3.05) is 5.32 Å². The molecule has 0 radical (unpaired) electrons. The van der Waals surface area contributed by atoms with E-state index >= 15 is 0 Å². The van der Waals surface area contributed by atoms with Gasteiger partial charge in [-0.15, -0.1) is 11.3 Å². The highest BCUT2D eigenvalue weighted by atomic mass is 79.9. The maximum absolute atomic E-state index is 13.5. The highest BCUT2D eigenvalue weighted by molar-refractivity contribution is 9.10. The number of thiazole rings is 1. The van der Waals surface area contributed by atoms with Crippen LogP contribution in [0, 0.1) is 11.3 Å². The number of benzene rings is 3. The summed E-state index contributed by atoms with van der Waals surface area (Å²) >= 11 is 4.57. The second-order valence-electron chi connectivity index (χ2n) is 8.16. The minimum atomic E-state index is -0.565. The standard InChI is InChI=1S/C28H22BrN3O2S/c1-18(2)20-11-13-22(14-12-20)31-26(33)24(17-30)28-32(23-9-4-3-5-10-23)27(34)25(35-28)16-19-7-6-8-21(29)15-19/h3-16,18H,1-2H3,(H,31,33)/b25-16+,28-24+. The molecule has 5 nitrogen and oxygen atoms in total. The zero-order chi connectivity index (χ0) is 24.9. The number of para-hydroxylation sites is 1. The fourth-order valence-corrected chi connectivity index (χ4v) is 5.07. The van der Waals surface area contributed by atoms with Crippen molar-refractivity contribution in [3.8, 4) is 11.8 Å². The van der Waals surface area contributed by atoms with E-state index in [1.165, 1.54) is 4.57 Å². The molecule has 7 heteroatoms. The van der Waals surface area contributed by atoms with Crippen molar-refractivity contribution >= 4 is 50.5 Å². The van der Waals surface area contributed by atoms with Gasteiger partial charge in [-0.2, -0.15) is 5.26 Å². The van der Waals surface area contributed by atoms with Gasteiger partial charge < -0.3 is 5.32 Å². The lowest BCUT2D eigenvalue weighted by molar-refractivity contribution is -0.111. The van der Waals surface area contributed by atoms with Gasteiger partial charge in [-0.25, -0.2) is 0 Å². The number of hydrogen-bond acceptors (Lipinski definition) is 4. The number of nitrogens with one attached hydrogen (secondary N) is 1. The van der Waals surface area contributed by atoms with E-state index in [4.69, 9.17) is 0 Å². The van der Waals surface area contributed by atoms with Crippen molar-refractivity contribution in [1.29, 1.82) is 5.26 Å². The smallest absolute Gasteiger partial charge is 0.273 e. The average Bonchev–Trinajstić information content (AvgIpc) is 3.15. The Bertz CT molecular complexity index is 1600. The van der Waals surface area contributed by atoms with Gasteiger partial charge in [-0.3, -0.25) is 14.2 Å². The first-order chi connectivity index (χ1) is 16.9. The Morgan fingerprint density at radius 2 is 1.77 bits per heavy atom. The molecule has 0 saturated carbocycles. The number of amides is 1. The van der Waals surface area contributed by atoms with Gasteiger partial charge in [0.1, 0.15) is 10.7 Å². The summed E-state index contributed by atoms with van der Waals surface area (Å²) in [5, 5.41) is 12.8. The molecule has 0 bridgehead atoms. The maximum atomic E-state index is 13.5. The van der Waals surface area contributed by atoms with Crippen LogP contribution in [0.25, 0.3) is 17.3 Å². The molecule has 3 aromatic carbocycles. The van der Waals surface area contributed by atoms with Crippen LogP contribution in [0.15, 0.2) is 88.1 Å². The van der Waals surface area contributed by atoms with Gasteiger partial charge >= 0.3 is 0 Å². The summed E-state index contributed by atoms with van der Waals surface area (Å²) in [7, 11) is 0. The van der Waals surface area contributed by atoms with Crippen molar-refractivity contribution in [2.45, 2.75) is 19.8 Å². The quantitative estimate of drug-likeness (QED) is 0.388. The van der Waals surface area contributed by atoms with Crippen molar-refractivity contribution in [3.05, 3.63) is 114 Å². The topological polar surface area (TPSA) is 74.9 Å². The molecular weight excluding hydrogens is 522 g/mol. The van der Waals surface area contributed by atoms with Crippen LogP contribution < -0.4 is 20.1 Å². The molecule has 1 aromatic heterocycles. The van der Waals surface area contributed by atoms with Gasteiger partial charge in [0.25, 0.3) is 11.5 Å². The Morgan fingerprint density at radius 1 is 1.06 bits per heavy atom. The van der Waals surface area contributed by atoms with Crippen molar-refractivity contribution in [1.82, 2.24) is 4.57 Å². The third kappa shape index (κ3) is 5.51. The van der Waals surface area contributed by atoms with E-state index in [-0.39, 0.29) is 15.8 Å². The van der Waals surface area contributed by atoms with E-state index in [9.17, 15) is 14.9 Å². The lowest BCUT2D eigenvalue weighted by atomic mass is 10.0. The number of rotatable bonds is 5. The predicted octanol–water partition coefficient (Wildman–Crippen LogP) is 4.93. The molecule has 1 amide bonds. The van der Waals surface area contributed by atoms with Gasteiger partial charge in [-0.05, 0) is 59.5 Å². The first-order valence-electron chi connectivity index (χ1n) is 11.0. The summed E-state index contributed by atoms with van der Waals surface area (Å²) in [5.41, 5.74) is 2.72. The van der Waals surface area contributed by atoms with Crippen molar-refractivity contribution in [3.63, 3.8) is 0 Å². The van der Waals surface area contributed by atoms with Crippen LogP contribution in [0.5, 0.6) is 0 Å². The van der Waals surface area contributed by atoms with Crippen LogP contribution in [0.4, 0.5) is 5.69 Å². The third-order valence-corrected chi connectivity index (χ3v) is 6.96. The molecule has 4 rings (SSSR count). The zero-order valence-corrected chi connectivity index (χ0v) is 21.6. The van der Waals surface area contributed by atoms with Gasteiger partial charge in [0.2, 0.25) is 0 Å².